The monoisotopic (exact) mass is 1030 g/mol. The van der Waals surface area contributed by atoms with Gasteiger partial charge >= 0.3 is 92.6 Å². The molecule has 204 valence electrons. The Hall–Kier alpha value is 0.867. The molecule has 0 radical (unpaired) electrons. The van der Waals surface area contributed by atoms with E-state index in [9.17, 15) is 0 Å². The number of benzene rings is 4. The Kier molecular flexibility index (Phi) is 20.1. The molecule has 9 heteroatoms. The van der Waals surface area contributed by atoms with E-state index in [2.05, 4.69) is 199 Å². The van der Waals surface area contributed by atoms with Crippen LogP contribution in [0.4, 0.5) is 0 Å². The molecule has 0 atom stereocenters. The zero-order chi connectivity index (χ0) is 27.2. The van der Waals surface area contributed by atoms with Crippen molar-refractivity contribution in [1.29, 1.82) is 0 Å². The quantitative estimate of drug-likeness (QED) is 0.0577. The van der Waals surface area contributed by atoms with Crippen LogP contribution in [-0.4, -0.2) is 4.98 Å². The van der Waals surface area contributed by atoms with Gasteiger partial charge in [0.25, 0.3) is 0 Å². The first-order valence-electron chi connectivity index (χ1n) is 11.5. The SMILES string of the molecule is CCC.Cl.[CH2-]c1cccc2cc3cccc([PH+](c4ccccc4)c4ccccc4)c3nc12.[Cl][Pd+].[I][V]([I])[I]. The standard InChI is InChI=1S/C26H19NP.C3H8.2ClH.3HI.Pd.V/c1-19-10-8-11-20-18-21-12-9-17-24(26(21)27-25(19)20)28(22-13-4-2-5-14-22)23-15-6-3-7-16-23;1-3-2;;;;;;;/h2-18H,1H2;3H2,1-2H3;5*1H;;/q-1;;;;;;;+2;+3/p-3. The van der Waals surface area contributed by atoms with Gasteiger partial charge in [-0.05, 0) is 35.8 Å². The molecule has 0 unspecified atom stereocenters. The second-order valence-electron chi connectivity index (χ2n) is 7.86. The minimum absolute atomic E-state index is 0. The Morgan fingerprint density at radius 1 is 0.737 bits per heavy atom. The summed E-state index contributed by atoms with van der Waals surface area (Å²) in [4.78, 5) is 4.83. The van der Waals surface area contributed by atoms with E-state index in [1.165, 1.54) is 27.7 Å². The van der Waals surface area contributed by atoms with Crippen molar-refractivity contribution in [3.05, 3.63) is 116 Å². The van der Waals surface area contributed by atoms with Crippen LogP contribution in [-0.2, 0) is 23.1 Å². The van der Waals surface area contributed by atoms with E-state index < -0.39 is 7.92 Å². The van der Waals surface area contributed by atoms with E-state index in [4.69, 9.17) is 4.98 Å². The van der Waals surface area contributed by atoms with Crippen molar-refractivity contribution < 1.29 is 23.1 Å². The van der Waals surface area contributed by atoms with Crippen molar-refractivity contribution >= 4 is 128 Å². The van der Waals surface area contributed by atoms with Crippen LogP contribution < -0.4 is 15.9 Å². The molecule has 5 rings (SSSR count). The van der Waals surface area contributed by atoms with Gasteiger partial charge < -0.3 is 4.98 Å². The number of para-hydroxylation sites is 2. The fourth-order valence-electron chi connectivity index (χ4n) is 3.84. The Bertz CT molecular complexity index is 1320. The number of nitrogens with zero attached hydrogens (tertiary/aromatic N) is 1. The number of hydrogen-bond acceptors (Lipinski definition) is 1. The third-order valence-corrected chi connectivity index (χ3v) is 7.91. The zero-order valence-corrected chi connectivity index (χ0v) is 32.9. The summed E-state index contributed by atoms with van der Waals surface area (Å²) >= 11 is 9.61. The molecule has 1 aromatic heterocycles. The van der Waals surface area contributed by atoms with Crippen LogP contribution in [0.2, 0.25) is 0 Å². The second kappa shape index (κ2) is 20.7. The number of halogens is 5. The van der Waals surface area contributed by atoms with Gasteiger partial charge in [0.05, 0.1) is 5.52 Å². The summed E-state index contributed by atoms with van der Waals surface area (Å²) in [5.74, 6) is 0. The van der Waals surface area contributed by atoms with Crippen LogP contribution in [0.15, 0.2) is 103 Å². The molecule has 5 aromatic rings. The van der Waals surface area contributed by atoms with Crippen molar-refractivity contribution in [1.82, 2.24) is 4.98 Å². The summed E-state index contributed by atoms with van der Waals surface area (Å²) in [6.45, 7) is 8.44. The third-order valence-electron chi connectivity index (χ3n) is 5.15. The zero-order valence-electron chi connectivity index (χ0n) is 20.9. The molecule has 0 saturated heterocycles. The number of fused-ring (bicyclic) bond motifs is 2. The molecular weight excluding hydrogens is 1000 g/mol. The van der Waals surface area contributed by atoms with E-state index in [1.54, 1.807) is 0 Å². The minimum atomic E-state index is -1.17. The normalized spacial score (nSPS) is 9.95. The first-order chi connectivity index (χ1) is 18.0. The molecule has 0 amide bonds. The molecule has 0 spiro atoms. The molecular formula is C29H29Cl2I3NPPdV+. The van der Waals surface area contributed by atoms with E-state index >= 15 is 0 Å². The van der Waals surface area contributed by atoms with Crippen LogP contribution in [0.25, 0.3) is 21.8 Å². The van der Waals surface area contributed by atoms with E-state index in [1.807, 2.05) is 12.1 Å². The van der Waals surface area contributed by atoms with Crippen molar-refractivity contribution in [2.24, 2.45) is 0 Å². The van der Waals surface area contributed by atoms with Crippen molar-refractivity contribution in [2.75, 3.05) is 0 Å². The van der Waals surface area contributed by atoms with Gasteiger partial charge in [-0.15, -0.1) is 18.5 Å². The van der Waals surface area contributed by atoms with Crippen LogP contribution in [0.5, 0.6) is 0 Å². The first-order valence-corrected chi connectivity index (χ1v) is 28.5. The van der Waals surface area contributed by atoms with Crippen molar-refractivity contribution in [3.8, 4) is 0 Å². The topological polar surface area (TPSA) is 12.9 Å². The summed E-state index contributed by atoms with van der Waals surface area (Å²) in [7, 11) is 3.32. The van der Waals surface area contributed by atoms with Crippen LogP contribution in [0.3, 0.4) is 0 Å². The van der Waals surface area contributed by atoms with E-state index in [-0.39, 0.29) is 17.3 Å². The van der Waals surface area contributed by atoms with Crippen LogP contribution in [0, 0.1) is 6.92 Å². The fraction of sp³-hybridized carbons (Fsp3) is 0.103. The Morgan fingerprint density at radius 2 is 1.16 bits per heavy atom. The maximum absolute atomic E-state index is 5.11. The van der Waals surface area contributed by atoms with Gasteiger partial charge in [0.2, 0.25) is 0 Å². The van der Waals surface area contributed by atoms with Crippen LogP contribution >= 0.6 is 89.8 Å². The number of aromatic nitrogens is 1. The summed E-state index contributed by atoms with van der Waals surface area (Å²) in [6, 6.07) is 36.7. The summed E-state index contributed by atoms with van der Waals surface area (Å²) in [5, 5.41) is 6.40. The molecule has 0 saturated carbocycles. The molecule has 38 heavy (non-hydrogen) atoms. The van der Waals surface area contributed by atoms with Gasteiger partial charge in [0.1, 0.15) is 23.8 Å². The predicted octanol–water partition coefficient (Wildman–Crippen LogP) is 10.2. The summed E-state index contributed by atoms with van der Waals surface area (Å²) in [5.41, 5.74) is 3.06. The first kappa shape index (κ1) is 36.9. The van der Waals surface area contributed by atoms with Gasteiger partial charge in [0, 0.05) is 5.39 Å². The molecule has 0 aliphatic heterocycles. The molecule has 0 fully saturated rings. The molecule has 0 N–H and O–H groups in total. The number of rotatable bonds is 3. The molecule has 0 aliphatic carbocycles. The average Bonchev–Trinajstić information content (AvgIpc) is 2.91. The van der Waals surface area contributed by atoms with Gasteiger partial charge in [0.15, 0.2) is 0 Å². The van der Waals surface area contributed by atoms with Gasteiger partial charge in [-0.1, -0.05) is 86.3 Å². The Morgan fingerprint density at radius 3 is 1.63 bits per heavy atom. The van der Waals surface area contributed by atoms with E-state index in [0.717, 1.165) is 22.0 Å². The summed E-state index contributed by atoms with van der Waals surface area (Å²) in [6.07, 6.45) is 1.25. The van der Waals surface area contributed by atoms with E-state index in [0.29, 0.717) is 0 Å². The molecule has 1 nitrogen and oxygen atoms in total. The average molecular weight is 1030 g/mol. The molecule has 4 aromatic carbocycles. The number of hydrogen-bond donors (Lipinski definition) is 0. The molecule has 0 bridgehead atoms. The number of pyridine rings is 1. The van der Waals surface area contributed by atoms with Gasteiger partial charge in [-0.2, -0.15) is 18.6 Å². The molecule has 1 heterocycles. The maximum atomic E-state index is 5.11. The second-order valence-corrected chi connectivity index (χ2v) is 45.7. The van der Waals surface area contributed by atoms with Crippen molar-refractivity contribution in [3.63, 3.8) is 0 Å². The van der Waals surface area contributed by atoms with Crippen molar-refractivity contribution in [2.45, 2.75) is 20.3 Å². The van der Waals surface area contributed by atoms with Crippen LogP contribution in [0.1, 0.15) is 25.8 Å². The predicted molar refractivity (Wildman–Crippen MR) is 195 cm³/mol. The third kappa shape index (κ3) is 11.3. The van der Waals surface area contributed by atoms with Gasteiger partial charge in [-0.3, -0.25) is 0 Å². The summed E-state index contributed by atoms with van der Waals surface area (Å²) < 4.78 is 0. The Balaban J connectivity index is 0.000000641. The molecule has 0 aliphatic rings. The Labute approximate surface area is 287 Å². The van der Waals surface area contributed by atoms with Gasteiger partial charge in [-0.25, -0.2) is 0 Å². The fourth-order valence-corrected chi connectivity index (χ4v) is 6.54.